The molecule has 0 spiro atoms. The number of nitrogens with zero attached hydrogens (tertiary/aromatic N) is 4. The maximum Gasteiger partial charge on any atom is 0.316 e. The Bertz CT molecular complexity index is 892. The van der Waals surface area contributed by atoms with Gasteiger partial charge >= 0.3 is 6.01 Å². The van der Waals surface area contributed by atoms with Crippen LogP contribution in [0, 0.1) is 12.8 Å². The van der Waals surface area contributed by atoms with Gasteiger partial charge in [-0.25, -0.2) is 9.97 Å². The lowest BCUT2D eigenvalue weighted by molar-refractivity contribution is -0.137. The van der Waals surface area contributed by atoms with Crippen molar-refractivity contribution in [1.29, 1.82) is 0 Å². The summed E-state index contributed by atoms with van der Waals surface area (Å²) in [5.41, 5.74) is 1.78. The van der Waals surface area contributed by atoms with Gasteiger partial charge in [0.15, 0.2) is 0 Å². The van der Waals surface area contributed by atoms with Crippen LogP contribution in [0.15, 0.2) is 36.7 Å². The third-order valence-electron chi connectivity index (χ3n) is 5.64. The number of carbonyl (C=O) groups excluding carboxylic acids is 2. The quantitative estimate of drug-likeness (QED) is 0.751. The predicted octanol–water partition coefficient (Wildman–Crippen LogP) is 2.22. The number of piperidine rings is 1. The highest BCUT2D eigenvalue weighted by atomic mass is 16.5. The Labute approximate surface area is 175 Å². The minimum Gasteiger partial charge on any atom is -0.497 e. The van der Waals surface area contributed by atoms with E-state index in [1.165, 1.54) is 0 Å². The first kappa shape index (κ1) is 20.1. The molecule has 8 heteroatoms. The van der Waals surface area contributed by atoms with Crippen molar-refractivity contribution in [2.24, 2.45) is 5.92 Å². The minimum absolute atomic E-state index is 0.00207. The molecule has 4 rings (SSSR count). The van der Waals surface area contributed by atoms with Gasteiger partial charge in [0.05, 0.1) is 13.0 Å². The predicted molar refractivity (Wildman–Crippen MR) is 110 cm³/mol. The van der Waals surface area contributed by atoms with Crippen LogP contribution in [0.25, 0.3) is 0 Å². The second-order valence-corrected chi connectivity index (χ2v) is 7.79. The fourth-order valence-corrected chi connectivity index (χ4v) is 3.93. The van der Waals surface area contributed by atoms with Gasteiger partial charge in [0.2, 0.25) is 11.8 Å². The van der Waals surface area contributed by atoms with Crippen LogP contribution in [-0.4, -0.2) is 59.5 Å². The van der Waals surface area contributed by atoms with Gasteiger partial charge in [0.25, 0.3) is 0 Å². The van der Waals surface area contributed by atoms with Crippen LogP contribution in [0.2, 0.25) is 0 Å². The molecular weight excluding hydrogens is 384 g/mol. The number of aromatic nitrogens is 2. The molecule has 158 valence electrons. The van der Waals surface area contributed by atoms with Crippen LogP contribution in [0.5, 0.6) is 11.8 Å². The Morgan fingerprint density at radius 1 is 1.10 bits per heavy atom. The van der Waals surface area contributed by atoms with Crippen molar-refractivity contribution >= 4 is 17.5 Å². The van der Waals surface area contributed by atoms with Crippen molar-refractivity contribution in [3.05, 3.63) is 42.2 Å². The highest BCUT2D eigenvalue weighted by molar-refractivity contribution is 6.00. The molecular formula is C22H26N4O4. The van der Waals surface area contributed by atoms with Gasteiger partial charge in [0.1, 0.15) is 11.9 Å². The fraction of sp³-hybridized carbons (Fsp3) is 0.455. The number of carbonyl (C=O) groups is 2. The monoisotopic (exact) mass is 410 g/mol. The maximum absolute atomic E-state index is 13.0. The number of rotatable bonds is 5. The second kappa shape index (κ2) is 8.69. The molecule has 0 saturated carbocycles. The van der Waals surface area contributed by atoms with Gasteiger partial charge in [-0.1, -0.05) is 0 Å². The summed E-state index contributed by atoms with van der Waals surface area (Å²) in [6, 6.07) is 7.71. The zero-order valence-electron chi connectivity index (χ0n) is 17.3. The lowest BCUT2D eigenvalue weighted by Crippen LogP contribution is -2.45. The summed E-state index contributed by atoms with van der Waals surface area (Å²) >= 11 is 0. The van der Waals surface area contributed by atoms with Crippen molar-refractivity contribution < 1.29 is 19.1 Å². The molecule has 0 bridgehead atoms. The molecule has 2 fully saturated rings. The maximum atomic E-state index is 13.0. The van der Waals surface area contributed by atoms with Crippen LogP contribution in [0.4, 0.5) is 5.69 Å². The number of anilines is 1. The number of ether oxygens (including phenoxy) is 2. The van der Waals surface area contributed by atoms with Crippen molar-refractivity contribution in [2.45, 2.75) is 32.3 Å². The first-order chi connectivity index (χ1) is 14.5. The van der Waals surface area contributed by atoms with Gasteiger partial charge in [-0.2, -0.15) is 0 Å². The smallest absolute Gasteiger partial charge is 0.316 e. The topological polar surface area (TPSA) is 84.9 Å². The van der Waals surface area contributed by atoms with Crippen molar-refractivity contribution in [3.63, 3.8) is 0 Å². The van der Waals surface area contributed by atoms with Crippen molar-refractivity contribution in [3.8, 4) is 11.8 Å². The standard InChI is InChI=1S/C22H26N4O4/c1-15-12-23-22(24-13-15)30-19-7-9-25(10-8-19)21(28)16-11-20(27)26(14-16)17-3-5-18(29-2)6-4-17/h3-6,12-13,16,19H,7-11,14H2,1-2H3. The first-order valence-corrected chi connectivity index (χ1v) is 10.2. The van der Waals surface area contributed by atoms with E-state index >= 15 is 0 Å². The third kappa shape index (κ3) is 4.37. The molecule has 1 aromatic carbocycles. The van der Waals surface area contributed by atoms with E-state index in [1.807, 2.05) is 36.1 Å². The zero-order chi connectivity index (χ0) is 21.1. The number of likely N-dealkylation sites (tertiary alicyclic amines) is 1. The van der Waals surface area contributed by atoms with Crippen molar-refractivity contribution in [2.75, 3.05) is 31.6 Å². The summed E-state index contributed by atoms with van der Waals surface area (Å²) in [6.07, 6.45) is 5.16. The van der Waals surface area contributed by atoms with Crippen LogP contribution in [-0.2, 0) is 9.59 Å². The lowest BCUT2D eigenvalue weighted by atomic mass is 10.0. The average Bonchev–Trinajstić information content (AvgIpc) is 3.17. The number of amides is 2. The first-order valence-electron chi connectivity index (χ1n) is 10.2. The molecule has 0 radical (unpaired) electrons. The van der Waals surface area contributed by atoms with Gasteiger partial charge in [-0.15, -0.1) is 0 Å². The number of aryl methyl sites for hydroxylation is 1. The van der Waals surface area contributed by atoms with Gasteiger partial charge < -0.3 is 19.3 Å². The zero-order valence-corrected chi connectivity index (χ0v) is 17.3. The summed E-state index contributed by atoms with van der Waals surface area (Å²) < 4.78 is 11.0. The molecule has 2 saturated heterocycles. The van der Waals surface area contributed by atoms with Crippen LogP contribution >= 0.6 is 0 Å². The van der Waals surface area contributed by atoms with E-state index in [0.717, 1.165) is 29.8 Å². The Morgan fingerprint density at radius 2 is 1.77 bits per heavy atom. The second-order valence-electron chi connectivity index (χ2n) is 7.79. The summed E-state index contributed by atoms with van der Waals surface area (Å²) in [5.74, 6) is 0.453. The molecule has 2 aliphatic rings. The molecule has 2 amide bonds. The average molecular weight is 410 g/mol. The normalized spacial score (nSPS) is 19.8. The Balaban J connectivity index is 1.30. The van der Waals surface area contributed by atoms with Gasteiger partial charge in [-0.3, -0.25) is 9.59 Å². The summed E-state index contributed by atoms with van der Waals surface area (Å²) in [5, 5.41) is 0. The van der Waals surface area contributed by atoms with E-state index in [-0.39, 0.29) is 30.3 Å². The summed E-state index contributed by atoms with van der Waals surface area (Å²) in [4.78, 5) is 37.4. The molecule has 1 unspecified atom stereocenters. The van der Waals surface area contributed by atoms with E-state index in [9.17, 15) is 9.59 Å². The molecule has 30 heavy (non-hydrogen) atoms. The van der Waals surface area contributed by atoms with E-state index in [1.54, 1.807) is 24.4 Å². The number of hydrogen-bond acceptors (Lipinski definition) is 6. The Hall–Kier alpha value is -3.16. The Kier molecular flexibility index (Phi) is 5.83. The molecule has 0 N–H and O–H groups in total. The van der Waals surface area contributed by atoms with Gasteiger partial charge in [-0.05, 0) is 36.8 Å². The summed E-state index contributed by atoms with van der Waals surface area (Å²) in [7, 11) is 1.60. The molecule has 1 atom stereocenters. The fourth-order valence-electron chi connectivity index (χ4n) is 3.93. The number of hydrogen-bond donors (Lipinski definition) is 0. The number of benzene rings is 1. The van der Waals surface area contributed by atoms with Gasteiger partial charge in [0, 0.05) is 57.0 Å². The van der Waals surface area contributed by atoms with E-state index < -0.39 is 0 Å². The molecule has 2 aromatic rings. The third-order valence-corrected chi connectivity index (χ3v) is 5.64. The van der Waals surface area contributed by atoms with Crippen molar-refractivity contribution in [1.82, 2.24) is 14.9 Å². The SMILES string of the molecule is COc1ccc(N2CC(C(=O)N3CCC(Oc4ncc(C)cn4)CC3)CC2=O)cc1. The lowest BCUT2D eigenvalue weighted by Gasteiger charge is -2.33. The molecule has 1 aromatic heterocycles. The minimum atomic E-state index is -0.308. The summed E-state index contributed by atoms with van der Waals surface area (Å²) in [6.45, 7) is 3.57. The number of methoxy groups -OCH3 is 1. The van der Waals surface area contributed by atoms with Crippen LogP contribution in [0.3, 0.4) is 0 Å². The van der Waals surface area contributed by atoms with E-state index in [4.69, 9.17) is 9.47 Å². The molecule has 3 heterocycles. The van der Waals surface area contributed by atoms with Crippen LogP contribution in [0.1, 0.15) is 24.8 Å². The van der Waals surface area contributed by atoms with Crippen LogP contribution < -0.4 is 14.4 Å². The molecule has 0 aliphatic carbocycles. The molecule has 8 nitrogen and oxygen atoms in total. The highest BCUT2D eigenvalue weighted by Crippen LogP contribution is 2.28. The Morgan fingerprint density at radius 3 is 2.40 bits per heavy atom. The largest absolute Gasteiger partial charge is 0.497 e. The van der Waals surface area contributed by atoms with E-state index in [2.05, 4.69) is 9.97 Å². The highest BCUT2D eigenvalue weighted by Gasteiger charge is 2.38. The van der Waals surface area contributed by atoms with E-state index in [0.29, 0.717) is 25.6 Å². The molecule has 2 aliphatic heterocycles.